The van der Waals surface area contributed by atoms with Crippen molar-refractivity contribution < 1.29 is 4.79 Å². The van der Waals surface area contributed by atoms with Gasteiger partial charge in [-0.15, -0.1) is 0 Å². The van der Waals surface area contributed by atoms with Crippen molar-refractivity contribution in [2.45, 2.75) is 45.4 Å². The number of unbranched alkanes of at least 4 members (excludes halogenated alkanes) is 1. The third-order valence-corrected chi connectivity index (χ3v) is 2.59. The van der Waals surface area contributed by atoms with Crippen LogP contribution in [0.25, 0.3) is 0 Å². The van der Waals surface area contributed by atoms with Crippen molar-refractivity contribution in [3.63, 3.8) is 0 Å². The van der Waals surface area contributed by atoms with Gasteiger partial charge in [-0.3, -0.25) is 4.79 Å². The highest BCUT2D eigenvalue weighted by Gasteiger charge is 2.18. The molecule has 1 saturated carbocycles. The number of rotatable bonds is 5. The summed E-state index contributed by atoms with van der Waals surface area (Å²) in [6.45, 7) is 2.15. The number of hydrogen-bond donors (Lipinski definition) is 0. The maximum atomic E-state index is 11.0. The van der Waals surface area contributed by atoms with Crippen LogP contribution >= 0.6 is 0 Å². The van der Waals surface area contributed by atoms with Crippen molar-refractivity contribution in [2.24, 2.45) is 5.92 Å². The Kier molecular flexibility index (Phi) is 5.28. The topological polar surface area (TPSA) is 17.1 Å². The molecule has 0 unspecified atom stereocenters. The summed E-state index contributed by atoms with van der Waals surface area (Å²) >= 11 is 0. The summed E-state index contributed by atoms with van der Waals surface area (Å²) in [4.78, 5) is 11.0. The molecular weight excluding hydrogens is 172 g/mol. The van der Waals surface area contributed by atoms with E-state index in [0.29, 0.717) is 11.7 Å². The standard InChI is InChI=1S/C13H20O/c1-2-3-4-5-6-7-8-12-9-10-13(14)11-12/h3-4,7-8,12H,2,5-6,9-11H2,1H3/b4-3-,8-7+/t12-/m0/s1. The predicted octanol–water partition coefficient (Wildman–Crippen LogP) is 3.66. The first kappa shape index (κ1) is 11.2. The van der Waals surface area contributed by atoms with Crippen molar-refractivity contribution in [3.05, 3.63) is 24.3 Å². The molecule has 0 radical (unpaired) electrons. The van der Waals surface area contributed by atoms with Crippen LogP contribution in [0.5, 0.6) is 0 Å². The third-order valence-electron chi connectivity index (χ3n) is 2.59. The minimum atomic E-state index is 0.436. The molecule has 14 heavy (non-hydrogen) atoms. The highest BCUT2D eigenvalue weighted by Crippen LogP contribution is 2.23. The number of hydrogen-bond acceptors (Lipinski definition) is 1. The maximum Gasteiger partial charge on any atom is 0.133 e. The molecule has 0 aromatic heterocycles. The monoisotopic (exact) mass is 192 g/mol. The lowest BCUT2D eigenvalue weighted by Crippen LogP contribution is -1.89. The Hall–Kier alpha value is -0.850. The van der Waals surface area contributed by atoms with E-state index in [1.165, 1.54) is 0 Å². The molecule has 0 aromatic carbocycles. The van der Waals surface area contributed by atoms with Gasteiger partial charge in [0.25, 0.3) is 0 Å². The van der Waals surface area contributed by atoms with Crippen molar-refractivity contribution in [2.75, 3.05) is 0 Å². The molecule has 1 atom stereocenters. The zero-order valence-corrected chi connectivity index (χ0v) is 9.04. The first-order valence-electron chi connectivity index (χ1n) is 5.66. The molecule has 0 bridgehead atoms. The van der Waals surface area contributed by atoms with Crippen molar-refractivity contribution >= 4 is 5.78 Å². The summed E-state index contributed by atoms with van der Waals surface area (Å²) in [7, 11) is 0. The molecule has 1 heteroatoms. The van der Waals surface area contributed by atoms with Crippen LogP contribution in [-0.2, 0) is 4.79 Å². The minimum absolute atomic E-state index is 0.436. The smallest absolute Gasteiger partial charge is 0.133 e. The van der Waals surface area contributed by atoms with Crippen LogP contribution < -0.4 is 0 Å². The summed E-state index contributed by atoms with van der Waals surface area (Å²) in [5, 5.41) is 0. The van der Waals surface area contributed by atoms with Crippen LogP contribution in [0.1, 0.15) is 45.4 Å². The number of Topliss-reactive ketones (excluding diaryl/α,β-unsaturated/α-hetero) is 1. The van der Waals surface area contributed by atoms with Crippen molar-refractivity contribution in [3.8, 4) is 0 Å². The zero-order chi connectivity index (χ0) is 10.2. The number of ketones is 1. The summed E-state index contributed by atoms with van der Waals surface area (Å²) < 4.78 is 0. The molecule has 0 amide bonds. The van der Waals surface area contributed by atoms with Gasteiger partial charge in [-0.2, -0.15) is 0 Å². The first-order valence-corrected chi connectivity index (χ1v) is 5.66. The van der Waals surface area contributed by atoms with Crippen LogP contribution in [0.2, 0.25) is 0 Å². The van der Waals surface area contributed by atoms with E-state index in [0.717, 1.165) is 38.5 Å². The molecule has 78 valence electrons. The Morgan fingerprint density at radius 1 is 1.29 bits per heavy atom. The minimum Gasteiger partial charge on any atom is -0.300 e. The largest absolute Gasteiger partial charge is 0.300 e. The van der Waals surface area contributed by atoms with E-state index in [4.69, 9.17) is 0 Å². The predicted molar refractivity (Wildman–Crippen MR) is 60.2 cm³/mol. The summed E-state index contributed by atoms with van der Waals surface area (Å²) in [5.41, 5.74) is 0. The molecule has 0 saturated heterocycles. The molecule has 0 N–H and O–H groups in total. The molecule has 0 aromatic rings. The Balaban J connectivity index is 2.08. The van der Waals surface area contributed by atoms with Gasteiger partial charge < -0.3 is 0 Å². The lowest BCUT2D eigenvalue weighted by molar-refractivity contribution is -0.117. The van der Waals surface area contributed by atoms with Gasteiger partial charge in [0, 0.05) is 12.8 Å². The Bertz CT molecular complexity index is 225. The Labute approximate surface area is 86.9 Å². The Morgan fingerprint density at radius 3 is 2.71 bits per heavy atom. The van der Waals surface area contributed by atoms with E-state index in [1.807, 2.05) is 0 Å². The molecule has 0 spiro atoms. The van der Waals surface area contributed by atoms with E-state index in [-0.39, 0.29) is 0 Å². The van der Waals surface area contributed by atoms with Crippen LogP contribution in [-0.4, -0.2) is 5.78 Å². The molecule has 1 fully saturated rings. The van der Waals surface area contributed by atoms with Gasteiger partial charge >= 0.3 is 0 Å². The van der Waals surface area contributed by atoms with Gasteiger partial charge in [0.1, 0.15) is 5.78 Å². The second-order valence-corrected chi connectivity index (χ2v) is 3.93. The molecule has 1 aliphatic rings. The molecule has 1 rings (SSSR count). The summed E-state index contributed by atoms with van der Waals surface area (Å²) in [5.74, 6) is 0.975. The second-order valence-electron chi connectivity index (χ2n) is 3.93. The quantitative estimate of drug-likeness (QED) is 0.480. The molecule has 0 heterocycles. The van der Waals surface area contributed by atoms with Crippen molar-refractivity contribution in [1.29, 1.82) is 0 Å². The fourth-order valence-corrected chi connectivity index (χ4v) is 1.77. The highest BCUT2D eigenvalue weighted by molar-refractivity contribution is 5.80. The van der Waals surface area contributed by atoms with E-state index in [2.05, 4.69) is 31.2 Å². The van der Waals surface area contributed by atoms with Gasteiger partial charge in [-0.25, -0.2) is 0 Å². The van der Waals surface area contributed by atoms with Gasteiger partial charge in [-0.1, -0.05) is 31.2 Å². The van der Waals surface area contributed by atoms with Crippen LogP contribution in [0, 0.1) is 5.92 Å². The van der Waals surface area contributed by atoms with E-state index in [9.17, 15) is 4.79 Å². The fourth-order valence-electron chi connectivity index (χ4n) is 1.77. The number of allylic oxidation sites excluding steroid dienone is 4. The van der Waals surface area contributed by atoms with Gasteiger partial charge in [0.15, 0.2) is 0 Å². The molecule has 1 nitrogen and oxygen atoms in total. The number of carbonyl (C=O) groups excluding carboxylic acids is 1. The van der Waals surface area contributed by atoms with E-state index in [1.54, 1.807) is 0 Å². The van der Waals surface area contributed by atoms with E-state index < -0.39 is 0 Å². The fraction of sp³-hybridized carbons (Fsp3) is 0.615. The lowest BCUT2D eigenvalue weighted by Gasteiger charge is -1.97. The average molecular weight is 192 g/mol. The Morgan fingerprint density at radius 2 is 2.07 bits per heavy atom. The highest BCUT2D eigenvalue weighted by atomic mass is 16.1. The summed E-state index contributed by atoms with van der Waals surface area (Å²) in [6.07, 6.45) is 14.9. The van der Waals surface area contributed by atoms with Gasteiger partial charge in [0.2, 0.25) is 0 Å². The summed E-state index contributed by atoms with van der Waals surface area (Å²) in [6, 6.07) is 0. The van der Waals surface area contributed by atoms with Crippen LogP contribution in [0.3, 0.4) is 0 Å². The third kappa shape index (κ3) is 4.40. The zero-order valence-electron chi connectivity index (χ0n) is 9.04. The average Bonchev–Trinajstić information content (AvgIpc) is 2.58. The molecule has 0 aliphatic heterocycles. The molecule has 1 aliphatic carbocycles. The second kappa shape index (κ2) is 6.58. The van der Waals surface area contributed by atoms with Gasteiger partial charge in [-0.05, 0) is 31.6 Å². The van der Waals surface area contributed by atoms with Crippen LogP contribution in [0.4, 0.5) is 0 Å². The first-order chi connectivity index (χ1) is 6.83. The maximum absolute atomic E-state index is 11.0. The normalized spacial score (nSPS) is 22.9. The SMILES string of the molecule is CC/C=C\CC/C=C/[C@H]1CCC(=O)C1. The van der Waals surface area contributed by atoms with Gasteiger partial charge in [0.05, 0.1) is 0 Å². The van der Waals surface area contributed by atoms with Crippen LogP contribution in [0.15, 0.2) is 24.3 Å². The van der Waals surface area contributed by atoms with Crippen molar-refractivity contribution in [1.82, 2.24) is 0 Å². The molecular formula is C13H20O. The van der Waals surface area contributed by atoms with E-state index >= 15 is 0 Å². The lowest BCUT2D eigenvalue weighted by atomic mass is 10.1. The number of carbonyl (C=O) groups is 1.